The Morgan fingerprint density at radius 2 is 2.05 bits per heavy atom. The normalized spacial score (nSPS) is 10.7. The lowest BCUT2D eigenvalue weighted by atomic mass is 10.2. The first kappa shape index (κ1) is 16.0. The number of carbonyl (C=O) groups excluding carboxylic acids is 1. The largest absolute Gasteiger partial charge is 0.389 e. The molecule has 1 aromatic rings. The molecule has 0 atom stereocenters. The molecule has 0 heterocycles. The van der Waals surface area contributed by atoms with Crippen LogP contribution in [0, 0.1) is 17.7 Å². The third-order valence-electron chi connectivity index (χ3n) is 2.19. The zero-order valence-corrected chi connectivity index (χ0v) is 10.2. The Morgan fingerprint density at radius 1 is 1.35 bits per heavy atom. The van der Waals surface area contributed by atoms with E-state index in [0.29, 0.717) is 0 Å². The van der Waals surface area contributed by atoms with Gasteiger partial charge in [-0.25, -0.2) is 4.39 Å². The lowest BCUT2D eigenvalue weighted by molar-refractivity contribution is -0.142. The highest BCUT2D eigenvalue weighted by atomic mass is 19.4. The first-order valence-electron chi connectivity index (χ1n) is 5.57. The van der Waals surface area contributed by atoms with Crippen LogP contribution in [0.25, 0.3) is 0 Å². The maximum absolute atomic E-state index is 13.5. The molecule has 0 saturated heterocycles. The van der Waals surface area contributed by atoms with Gasteiger partial charge in [0, 0.05) is 12.0 Å². The molecule has 0 bridgehead atoms. The van der Waals surface area contributed by atoms with Crippen LogP contribution in [0.2, 0.25) is 0 Å². The van der Waals surface area contributed by atoms with E-state index in [1.54, 1.807) is 0 Å². The second-order valence-electron chi connectivity index (χ2n) is 3.82. The molecule has 0 fully saturated rings. The lowest BCUT2D eigenvalue weighted by Crippen LogP contribution is -2.17. The van der Waals surface area contributed by atoms with Crippen LogP contribution in [0.1, 0.15) is 18.4 Å². The molecule has 0 radical (unpaired) electrons. The molecular weight excluding hydrogens is 278 g/mol. The van der Waals surface area contributed by atoms with Gasteiger partial charge in [-0.3, -0.25) is 4.79 Å². The number of carbonyl (C=O) groups is 1. The second-order valence-corrected chi connectivity index (χ2v) is 3.82. The van der Waals surface area contributed by atoms with Crippen molar-refractivity contribution in [3.63, 3.8) is 0 Å². The predicted molar refractivity (Wildman–Crippen MR) is 64.3 cm³/mol. The summed E-state index contributed by atoms with van der Waals surface area (Å²) in [5.41, 5.74) is 0.0663. The van der Waals surface area contributed by atoms with E-state index < -0.39 is 30.7 Å². The van der Waals surface area contributed by atoms with Gasteiger partial charge in [0.1, 0.15) is 12.4 Å². The van der Waals surface area contributed by atoms with Gasteiger partial charge >= 0.3 is 6.18 Å². The van der Waals surface area contributed by atoms with Crippen LogP contribution < -0.4 is 5.32 Å². The van der Waals surface area contributed by atoms with Gasteiger partial charge in [-0.2, -0.15) is 13.2 Å². The van der Waals surface area contributed by atoms with E-state index in [1.807, 2.05) is 0 Å². The average molecular weight is 289 g/mol. The number of halogens is 4. The topological polar surface area (TPSA) is 49.3 Å². The molecule has 20 heavy (non-hydrogen) atoms. The fraction of sp³-hybridized carbons (Fsp3) is 0.308. The van der Waals surface area contributed by atoms with Crippen LogP contribution in [0.15, 0.2) is 18.2 Å². The van der Waals surface area contributed by atoms with E-state index in [0.717, 1.165) is 6.07 Å². The Kier molecular flexibility index (Phi) is 5.53. The number of alkyl halides is 3. The first-order valence-corrected chi connectivity index (χ1v) is 5.57. The zero-order valence-electron chi connectivity index (χ0n) is 10.2. The summed E-state index contributed by atoms with van der Waals surface area (Å²) in [5.74, 6) is 3.04. The van der Waals surface area contributed by atoms with Gasteiger partial charge in [0.25, 0.3) is 0 Å². The van der Waals surface area contributed by atoms with Crippen molar-refractivity contribution in [1.29, 1.82) is 0 Å². The van der Waals surface area contributed by atoms with E-state index in [-0.39, 0.29) is 17.9 Å². The van der Waals surface area contributed by atoms with Gasteiger partial charge in [0.05, 0.1) is 12.1 Å². The van der Waals surface area contributed by atoms with Gasteiger partial charge in [0.15, 0.2) is 0 Å². The number of rotatable bonds is 3. The highest BCUT2D eigenvalue weighted by Crippen LogP contribution is 2.22. The third kappa shape index (κ3) is 5.71. The molecule has 0 aliphatic heterocycles. The summed E-state index contributed by atoms with van der Waals surface area (Å²) >= 11 is 0. The van der Waals surface area contributed by atoms with Crippen LogP contribution in [0.5, 0.6) is 0 Å². The number of nitrogens with one attached hydrogen (secondary N) is 1. The van der Waals surface area contributed by atoms with Crippen LogP contribution in [-0.4, -0.2) is 23.8 Å². The van der Waals surface area contributed by atoms with Gasteiger partial charge in [-0.15, -0.1) is 0 Å². The minimum absolute atomic E-state index is 0.216. The number of anilines is 1. The molecule has 1 amide bonds. The van der Waals surface area contributed by atoms with Crippen molar-refractivity contribution in [2.45, 2.75) is 19.0 Å². The first-order chi connectivity index (χ1) is 9.31. The zero-order chi connectivity index (χ0) is 15.2. The monoisotopic (exact) mass is 289 g/mol. The maximum Gasteiger partial charge on any atom is 0.389 e. The number of aliphatic hydroxyl groups is 1. The maximum atomic E-state index is 13.5. The van der Waals surface area contributed by atoms with Crippen LogP contribution in [-0.2, 0) is 4.79 Å². The Labute approximate surface area is 112 Å². The van der Waals surface area contributed by atoms with Crippen molar-refractivity contribution in [2.24, 2.45) is 0 Å². The molecule has 3 nitrogen and oxygen atoms in total. The van der Waals surface area contributed by atoms with Gasteiger partial charge in [-0.05, 0) is 18.2 Å². The SMILES string of the molecule is O=C(CCC(F)(F)F)Nc1ccc(C#CCO)cc1F. The van der Waals surface area contributed by atoms with Gasteiger partial charge in [-0.1, -0.05) is 11.8 Å². The molecule has 2 N–H and O–H groups in total. The smallest absolute Gasteiger partial charge is 0.384 e. The Morgan fingerprint density at radius 3 is 2.60 bits per heavy atom. The predicted octanol–water partition coefficient (Wildman–Crippen LogP) is 2.45. The molecule has 0 spiro atoms. The van der Waals surface area contributed by atoms with Crippen molar-refractivity contribution in [1.82, 2.24) is 0 Å². The fourth-order valence-electron chi connectivity index (χ4n) is 1.30. The molecule has 1 aromatic carbocycles. The molecule has 0 aliphatic carbocycles. The Bertz CT molecular complexity index is 544. The molecule has 108 valence electrons. The molecule has 0 unspecified atom stereocenters. The van der Waals surface area contributed by atoms with Crippen LogP contribution in [0.3, 0.4) is 0 Å². The second kappa shape index (κ2) is 6.91. The molecule has 7 heteroatoms. The fourth-order valence-corrected chi connectivity index (χ4v) is 1.30. The third-order valence-corrected chi connectivity index (χ3v) is 2.19. The summed E-state index contributed by atoms with van der Waals surface area (Å²) in [6.45, 7) is -0.377. The quantitative estimate of drug-likeness (QED) is 0.663. The van der Waals surface area contributed by atoms with E-state index in [9.17, 15) is 22.4 Å². The molecule has 1 rings (SSSR count). The number of hydrogen-bond donors (Lipinski definition) is 2. The van der Waals surface area contributed by atoms with Crippen molar-refractivity contribution < 1.29 is 27.5 Å². The number of benzene rings is 1. The number of aliphatic hydroxyl groups excluding tert-OH is 1. The summed E-state index contributed by atoms with van der Waals surface area (Å²) in [6, 6.07) is 3.59. The Hall–Kier alpha value is -2.07. The minimum atomic E-state index is -4.43. The van der Waals surface area contributed by atoms with E-state index in [2.05, 4.69) is 17.2 Å². The van der Waals surface area contributed by atoms with E-state index in [1.165, 1.54) is 12.1 Å². The van der Waals surface area contributed by atoms with Crippen LogP contribution in [0.4, 0.5) is 23.2 Å². The minimum Gasteiger partial charge on any atom is -0.384 e. The summed E-state index contributed by atoms with van der Waals surface area (Å²) in [4.78, 5) is 11.2. The lowest BCUT2D eigenvalue weighted by Gasteiger charge is -2.08. The summed E-state index contributed by atoms with van der Waals surface area (Å²) in [6.07, 6.45) is -6.46. The standard InChI is InChI=1S/C13H11F4NO2/c14-10-8-9(2-1-7-19)3-4-11(10)18-12(20)5-6-13(15,16)17/h3-4,8,19H,5-7H2,(H,18,20). The highest BCUT2D eigenvalue weighted by Gasteiger charge is 2.28. The summed E-state index contributed by atoms with van der Waals surface area (Å²) in [5, 5.41) is 10.5. The number of amides is 1. The van der Waals surface area contributed by atoms with Crippen molar-refractivity contribution in [2.75, 3.05) is 11.9 Å². The van der Waals surface area contributed by atoms with E-state index >= 15 is 0 Å². The van der Waals surface area contributed by atoms with Gasteiger partial charge < -0.3 is 10.4 Å². The molecular formula is C13H11F4NO2. The summed E-state index contributed by atoms with van der Waals surface area (Å²) in [7, 11) is 0. The van der Waals surface area contributed by atoms with E-state index in [4.69, 9.17) is 5.11 Å². The summed E-state index contributed by atoms with van der Waals surface area (Å²) < 4.78 is 49.3. The van der Waals surface area contributed by atoms with Crippen LogP contribution >= 0.6 is 0 Å². The molecule has 0 aliphatic rings. The van der Waals surface area contributed by atoms with Gasteiger partial charge in [0.2, 0.25) is 5.91 Å². The average Bonchev–Trinajstić information content (AvgIpc) is 2.36. The Balaban J connectivity index is 2.67. The van der Waals surface area contributed by atoms with Crippen molar-refractivity contribution in [3.05, 3.63) is 29.6 Å². The molecule has 0 aromatic heterocycles. The van der Waals surface area contributed by atoms with Crippen molar-refractivity contribution >= 4 is 11.6 Å². The van der Waals surface area contributed by atoms with Crippen molar-refractivity contribution in [3.8, 4) is 11.8 Å². The molecule has 0 saturated carbocycles. The number of hydrogen-bond acceptors (Lipinski definition) is 2. The highest BCUT2D eigenvalue weighted by molar-refractivity contribution is 5.90.